The summed E-state index contributed by atoms with van der Waals surface area (Å²) in [5.41, 5.74) is 1.26. The van der Waals surface area contributed by atoms with E-state index in [-0.39, 0.29) is 12.4 Å². The van der Waals surface area contributed by atoms with Crippen molar-refractivity contribution in [2.24, 2.45) is 0 Å². The van der Waals surface area contributed by atoms with Gasteiger partial charge in [0.05, 0.1) is 0 Å². The average Bonchev–Trinajstić information content (AvgIpc) is 2.21. The minimum Gasteiger partial charge on any atom is -0.317 e. The number of pyridine rings is 1. The van der Waals surface area contributed by atoms with Gasteiger partial charge in [0, 0.05) is 17.8 Å². The SMILES string of the molecule is Cl.c1ccc(C2CCNCC2)nc1. The maximum absolute atomic E-state index is 4.37. The van der Waals surface area contributed by atoms with Crippen molar-refractivity contribution < 1.29 is 0 Å². The first-order valence-electron chi connectivity index (χ1n) is 4.58. The lowest BCUT2D eigenvalue weighted by Crippen LogP contribution is -2.26. The molecule has 0 aliphatic carbocycles. The van der Waals surface area contributed by atoms with Gasteiger partial charge in [0.15, 0.2) is 0 Å². The maximum atomic E-state index is 4.37. The largest absolute Gasteiger partial charge is 0.317 e. The van der Waals surface area contributed by atoms with Crippen molar-refractivity contribution >= 4 is 12.4 Å². The van der Waals surface area contributed by atoms with Crippen molar-refractivity contribution in [3.8, 4) is 0 Å². The van der Waals surface area contributed by atoms with Gasteiger partial charge in [-0.1, -0.05) is 6.07 Å². The molecule has 3 heteroatoms. The molecule has 0 spiro atoms. The van der Waals surface area contributed by atoms with Gasteiger partial charge in [-0.05, 0) is 38.1 Å². The predicted octanol–water partition coefficient (Wildman–Crippen LogP) is 1.97. The van der Waals surface area contributed by atoms with Crippen LogP contribution in [0.25, 0.3) is 0 Å². The topological polar surface area (TPSA) is 24.9 Å². The molecule has 2 nitrogen and oxygen atoms in total. The van der Waals surface area contributed by atoms with E-state index in [1.54, 1.807) is 0 Å². The fourth-order valence-corrected chi connectivity index (χ4v) is 1.74. The van der Waals surface area contributed by atoms with E-state index < -0.39 is 0 Å². The van der Waals surface area contributed by atoms with Gasteiger partial charge in [0.2, 0.25) is 0 Å². The standard InChI is InChI=1S/C10H14N2.ClH/c1-2-6-12-10(3-1)9-4-7-11-8-5-9;/h1-3,6,9,11H,4-5,7-8H2;1H. The molecule has 1 aliphatic rings. The lowest BCUT2D eigenvalue weighted by molar-refractivity contribution is 0.453. The monoisotopic (exact) mass is 198 g/mol. The first kappa shape index (κ1) is 10.5. The van der Waals surface area contributed by atoms with E-state index in [0.717, 1.165) is 13.1 Å². The summed E-state index contributed by atoms with van der Waals surface area (Å²) in [6, 6.07) is 6.19. The summed E-state index contributed by atoms with van der Waals surface area (Å²) in [6.45, 7) is 2.28. The third-order valence-electron chi connectivity index (χ3n) is 2.45. The Balaban J connectivity index is 0.000000845. The van der Waals surface area contributed by atoms with Crippen molar-refractivity contribution in [1.29, 1.82) is 0 Å². The van der Waals surface area contributed by atoms with Crippen molar-refractivity contribution in [2.45, 2.75) is 18.8 Å². The minimum atomic E-state index is 0. The molecule has 1 aromatic rings. The highest BCUT2D eigenvalue weighted by Crippen LogP contribution is 2.22. The fourth-order valence-electron chi connectivity index (χ4n) is 1.74. The molecule has 1 saturated heterocycles. The van der Waals surface area contributed by atoms with Gasteiger partial charge in [0.1, 0.15) is 0 Å². The summed E-state index contributed by atoms with van der Waals surface area (Å²) in [4.78, 5) is 4.37. The van der Waals surface area contributed by atoms with Gasteiger partial charge in [-0.15, -0.1) is 12.4 Å². The van der Waals surface area contributed by atoms with Gasteiger partial charge in [-0.25, -0.2) is 0 Å². The Kier molecular flexibility index (Phi) is 4.19. The summed E-state index contributed by atoms with van der Waals surface area (Å²) < 4.78 is 0. The van der Waals surface area contributed by atoms with E-state index in [2.05, 4.69) is 22.4 Å². The zero-order valence-electron chi connectivity index (χ0n) is 7.57. The molecule has 0 amide bonds. The first-order chi connectivity index (χ1) is 5.97. The Labute approximate surface area is 85.2 Å². The van der Waals surface area contributed by atoms with Crippen LogP contribution in [0.2, 0.25) is 0 Å². The van der Waals surface area contributed by atoms with E-state index in [4.69, 9.17) is 0 Å². The normalized spacial score (nSPS) is 17.8. The molecule has 72 valence electrons. The second-order valence-corrected chi connectivity index (χ2v) is 3.28. The third kappa shape index (κ3) is 2.68. The van der Waals surface area contributed by atoms with Crippen molar-refractivity contribution in [3.05, 3.63) is 30.1 Å². The molecule has 0 atom stereocenters. The number of nitrogens with zero attached hydrogens (tertiary/aromatic N) is 1. The number of halogens is 1. The predicted molar refractivity (Wildman–Crippen MR) is 56.3 cm³/mol. The Morgan fingerprint density at radius 3 is 2.62 bits per heavy atom. The van der Waals surface area contributed by atoms with Gasteiger partial charge in [0.25, 0.3) is 0 Å². The van der Waals surface area contributed by atoms with Gasteiger partial charge >= 0.3 is 0 Å². The van der Waals surface area contributed by atoms with Crippen LogP contribution in [0.1, 0.15) is 24.5 Å². The second kappa shape index (κ2) is 5.20. The lowest BCUT2D eigenvalue weighted by atomic mass is 9.94. The van der Waals surface area contributed by atoms with E-state index >= 15 is 0 Å². The molecule has 1 aromatic heterocycles. The summed E-state index contributed by atoms with van der Waals surface area (Å²) >= 11 is 0. The molecule has 1 N–H and O–H groups in total. The minimum absolute atomic E-state index is 0. The highest BCUT2D eigenvalue weighted by molar-refractivity contribution is 5.85. The average molecular weight is 199 g/mol. The zero-order valence-corrected chi connectivity index (χ0v) is 8.39. The molecule has 0 bridgehead atoms. The summed E-state index contributed by atoms with van der Waals surface area (Å²) in [5, 5.41) is 3.36. The van der Waals surface area contributed by atoms with Gasteiger partial charge in [-0.2, -0.15) is 0 Å². The van der Waals surface area contributed by atoms with Crippen LogP contribution < -0.4 is 5.32 Å². The van der Waals surface area contributed by atoms with Crippen molar-refractivity contribution in [2.75, 3.05) is 13.1 Å². The Bertz CT molecular complexity index is 232. The molecule has 0 unspecified atom stereocenters. The number of piperidine rings is 1. The number of rotatable bonds is 1. The highest BCUT2D eigenvalue weighted by atomic mass is 35.5. The van der Waals surface area contributed by atoms with Crippen LogP contribution in [0.3, 0.4) is 0 Å². The molecule has 0 saturated carbocycles. The molecule has 2 heterocycles. The third-order valence-corrected chi connectivity index (χ3v) is 2.45. The maximum Gasteiger partial charge on any atom is 0.0435 e. The second-order valence-electron chi connectivity index (χ2n) is 3.28. The lowest BCUT2D eigenvalue weighted by Gasteiger charge is -2.21. The van der Waals surface area contributed by atoms with Crippen LogP contribution >= 0.6 is 12.4 Å². The molecular formula is C10H15ClN2. The summed E-state index contributed by atoms with van der Waals surface area (Å²) in [5.74, 6) is 0.687. The Hall–Kier alpha value is -0.600. The smallest absolute Gasteiger partial charge is 0.0435 e. The van der Waals surface area contributed by atoms with E-state index in [0.29, 0.717) is 5.92 Å². The first-order valence-corrected chi connectivity index (χ1v) is 4.58. The molecule has 2 rings (SSSR count). The van der Waals surface area contributed by atoms with Crippen molar-refractivity contribution in [1.82, 2.24) is 10.3 Å². The zero-order chi connectivity index (χ0) is 8.23. The summed E-state index contributed by atoms with van der Waals surface area (Å²) in [7, 11) is 0. The van der Waals surface area contributed by atoms with Crippen LogP contribution in [0.4, 0.5) is 0 Å². The number of hydrogen-bond donors (Lipinski definition) is 1. The number of hydrogen-bond acceptors (Lipinski definition) is 2. The molecule has 0 aromatic carbocycles. The van der Waals surface area contributed by atoms with Gasteiger partial charge in [-0.3, -0.25) is 4.98 Å². The quantitative estimate of drug-likeness (QED) is 0.747. The number of aromatic nitrogens is 1. The van der Waals surface area contributed by atoms with E-state index in [9.17, 15) is 0 Å². The molecular weight excluding hydrogens is 184 g/mol. The highest BCUT2D eigenvalue weighted by Gasteiger charge is 2.15. The summed E-state index contributed by atoms with van der Waals surface area (Å²) in [6.07, 6.45) is 4.35. The van der Waals surface area contributed by atoms with Crippen LogP contribution in [0, 0.1) is 0 Å². The molecule has 13 heavy (non-hydrogen) atoms. The Morgan fingerprint density at radius 2 is 2.00 bits per heavy atom. The molecule has 1 aliphatic heterocycles. The van der Waals surface area contributed by atoms with Gasteiger partial charge < -0.3 is 5.32 Å². The molecule has 1 fully saturated rings. The Morgan fingerprint density at radius 1 is 1.23 bits per heavy atom. The van der Waals surface area contributed by atoms with E-state index in [1.807, 2.05) is 12.3 Å². The van der Waals surface area contributed by atoms with Crippen LogP contribution in [0.5, 0.6) is 0 Å². The van der Waals surface area contributed by atoms with Crippen molar-refractivity contribution in [3.63, 3.8) is 0 Å². The van der Waals surface area contributed by atoms with Crippen LogP contribution in [-0.4, -0.2) is 18.1 Å². The molecule has 0 radical (unpaired) electrons. The fraction of sp³-hybridized carbons (Fsp3) is 0.500. The van der Waals surface area contributed by atoms with Crippen LogP contribution in [-0.2, 0) is 0 Å². The number of nitrogens with one attached hydrogen (secondary N) is 1. The van der Waals surface area contributed by atoms with E-state index in [1.165, 1.54) is 18.5 Å². The van der Waals surface area contributed by atoms with Crippen LogP contribution in [0.15, 0.2) is 24.4 Å².